The van der Waals surface area contributed by atoms with Gasteiger partial charge < -0.3 is 5.73 Å². The molecule has 0 aromatic heterocycles. The Morgan fingerprint density at radius 1 is 1.00 bits per heavy atom. The quantitative estimate of drug-likeness (QED) is 0.751. The topological polar surface area (TPSA) is 26.0 Å². The van der Waals surface area contributed by atoms with Gasteiger partial charge in [-0.3, -0.25) is 0 Å². The minimum absolute atomic E-state index is 0.0119. The Morgan fingerprint density at radius 3 is 2.44 bits per heavy atom. The lowest BCUT2D eigenvalue weighted by Crippen LogP contribution is -1.91. The second-order valence-electron chi connectivity index (χ2n) is 3.36. The molecular formula is C12H8ClF2N. The van der Waals surface area contributed by atoms with Crippen molar-refractivity contribution in [3.05, 3.63) is 53.1 Å². The van der Waals surface area contributed by atoms with Crippen LogP contribution in [-0.2, 0) is 0 Å². The number of halogens is 3. The normalized spacial score (nSPS) is 10.4. The van der Waals surface area contributed by atoms with Gasteiger partial charge in [-0.1, -0.05) is 17.7 Å². The number of rotatable bonds is 1. The van der Waals surface area contributed by atoms with Crippen LogP contribution in [0.3, 0.4) is 0 Å². The van der Waals surface area contributed by atoms with Crippen LogP contribution in [0.4, 0.5) is 14.5 Å². The number of hydrogen-bond acceptors (Lipinski definition) is 1. The lowest BCUT2D eigenvalue weighted by molar-refractivity contribution is 0.628. The first kappa shape index (κ1) is 10.9. The number of hydrogen-bond donors (Lipinski definition) is 1. The van der Waals surface area contributed by atoms with E-state index in [1.54, 1.807) is 0 Å². The molecule has 0 saturated carbocycles. The highest BCUT2D eigenvalue weighted by atomic mass is 35.5. The van der Waals surface area contributed by atoms with E-state index >= 15 is 0 Å². The van der Waals surface area contributed by atoms with Gasteiger partial charge in [0.05, 0.1) is 5.69 Å². The molecule has 2 N–H and O–H groups in total. The first-order chi connectivity index (χ1) is 7.58. The van der Waals surface area contributed by atoms with Gasteiger partial charge in [-0.2, -0.15) is 0 Å². The van der Waals surface area contributed by atoms with E-state index in [1.807, 2.05) is 0 Å². The fraction of sp³-hybridized carbons (Fsp3) is 0. The van der Waals surface area contributed by atoms with E-state index in [0.717, 1.165) is 0 Å². The number of anilines is 1. The van der Waals surface area contributed by atoms with Crippen molar-refractivity contribution in [3.63, 3.8) is 0 Å². The third-order valence-electron chi connectivity index (χ3n) is 2.24. The zero-order valence-electron chi connectivity index (χ0n) is 8.18. The summed E-state index contributed by atoms with van der Waals surface area (Å²) < 4.78 is 26.0. The Balaban J connectivity index is 2.58. The Bertz CT molecular complexity index is 541. The number of nitrogens with two attached hydrogens (primary N) is 1. The van der Waals surface area contributed by atoms with Crippen LogP contribution in [0, 0.1) is 11.6 Å². The molecule has 0 unspecified atom stereocenters. The van der Waals surface area contributed by atoms with Crippen LogP contribution in [0.15, 0.2) is 36.4 Å². The SMILES string of the molecule is Nc1cc(-c2cc(F)ccc2Cl)ccc1F. The number of nitrogen functional groups attached to an aromatic ring is 1. The Kier molecular flexibility index (Phi) is 2.79. The van der Waals surface area contributed by atoms with Crippen molar-refractivity contribution in [2.75, 3.05) is 5.73 Å². The van der Waals surface area contributed by atoms with Crippen molar-refractivity contribution in [2.24, 2.45) is 0 Å². The van der Waals surface area contributed by atoms with Gasteiger partial charge in [0.1, 0.15) is 11.6 Å². The molecule has 2 aromatic carbocycles. The molecule has 0 spiro atoms. The average Bonchev–Trinajstić information content (AvgIpc) is 2.26. The molecule has 1 nitrogen and oxygen atoms in total. The molecule has 0 radical (unpaired) electrons. The third-order valence-corrected chi connectivity index (χ3v) is 2.56. The van der Waals surface area contributed by atoms with Crippen LogP contribution in [0.2, 0.25) is 5.02 Å². The van der Waals surface area contributed by atoms with Crippen LogP contribution in [0.5, 0.6) is 0 Å². The van der Waals surface area contributed by atoms with Gasteiger partial charge in [0.25, 0.3) is 0 Å². The van der Waals surface area contributed by atoms with Crippen molar-refractivity contribution in [1.29, 1.82) is 0 Å². The van der Waals surface area contributed by atoms with E-state index in [0.29, 0.717) is 16.1 Å². The summed E-state index contributed by atoms with van der Waals surface area (Å²) in [5.41, 5.74) is 6.53. The molecular weight excluding hydrogens is 232 g/mol. The van der Waals surface area contributed by atoms with Crippen molar-refractivity contribution in [1.82, 2.24) is 0 Å². The van der Waals surface area contributed by atoms with E-state index in [-0.39, 0.29) is 5.69 Å². The molecule has 4 heteroatoms. The summed E-state index contributed by atoms with van der Waals surface area (Å²) in [7, 11) is 0. The average molecular weight is 240 g/mol. The van der Waals surface area contributed by atoms with E-state index < -0.39 is 11.6 Å². The summed E-state index contributed by atoms with van der Waals surface area (Å²) in [6.45, 7) is 0. The van der Waals surface area contributed by atoms with Crippen LogP contribution in [-0.4, -0.2) is 0 Å². The molecule has 0 bridgehead atoms. The molecule has 82 valence electrons. The molecule has 2 aromatic rings. The lowest BCUT2D eigenvalue weighted by Gasteiger charge is -2.06. The summed E-state index contributed by atoms with van der Waals surface area (Å²) in [6, 6.07) is 8.16. The summed E-state index contributed by atoms with van der Waals surface area (Å²) in [4.78, 5) is 0. The van der Waals surface area contributed by atoms with E-state index in [4.69, 9.17) is 17.3 Å². The first-order valence-corrected chi connectivity index (χ1v) is 4.96. The van der Waals surface area contributed by atoms with Gasteiger partial charge in [-0.15, -0.1) is 0 Å². The molecule has 0 aliphatic carbocycles. The standard InChI is InChI=1S/C12H8ClF2N/c13-10-3-2-8(14)6-9(10)7-1-4-11(15)12(16)5-7/h1-6H,16H2. The van der Waals surface area contributed by atoms with Gasteiger partial charge in [0.2, 0.25) is 0 Å². The molecule has 0 aliphatic heterocycles. The molecule has 0 fully saturated rings. The molecule has 0 heterocycles. The van der Waals surface area contributed by atoms with Crippen LogP contribution < -0.4 is 5.73 Å². The molecule has 16 heavy (non-hydrogen) atoms. The monoisotopic (exact) mass is 239 g/mol. The zero-order valence-corrected chi connectivity index (χ0v) is 8.93. The minimum atomic E-state index is -0.503. The fourth-order valence-corrected chi connectivity index (χ4v) is 1.66. The number of benzene rings is 2. The summed E-state index contributed by atoms with van der Waals surface area (Å²) in [6.07, 6.45) is 0. The van der Waals surface area contributed by atoms with Gasteiger partial charge in [0.15, 0.2) is 0 Å². The van der Waals surface area contributed by atoms with Gasteiger partial charge in [0, 0.05) is 10.6 Å². The smallest absolute Gasteiger partial charge is 0.146 e. The second-order valence-corrected chi connectivity index (χ2v) is 3.77. The van der Waals surface area contributed by atoms with Crippen LogP contribution >= 0.6 is 11.6 Å². The maximum Gasteiger partial charge on any atom is 0.146 e. The first-order valence-electron chi connectivity index (χ1n) is 4.58. The maximum atomic E-state index is 13.0. The fourth-order valence-electron chi connectivity index (χ4n) is 1.43. The molecule has 0 aliphatic rings. The highest BCUT2D eigenvalue weighted by molar-refractivity contribution is 6.33. The van der Waals surface area contributed by atoms with E-state index in [9.17, 15) is 8.78 Å². The molecule has 2 rings (SSSR count). The minimum Gasteiger partial charge on any atom is -0.396 e. The summed E-state index contributed by atoms with van der Waals surface area (Å²) in [5.74, 6) is -0.904. The Morgan fingerprint density at radius 2 is 1.75 bits per heavy atom. The van der Waals surface area contributed by atoms with E-state index in [1.165, 1.54) is 36.4 Å². The third kappa shape index (κ3) is 1.99. The van der Waals surface area contributed by atoms with Gasteiger partial charge >= 0.3 is 0 Å². The Labute approximate surface area is 96.5 Å². The van der Waals surface area contributed by atoms with Crippen molar-refractivity contribution in [3.8, 4) is 11.1 Å². The highest BCUT2D eigenvalue weighted by Gasteiger charge is 2.07. The predicted molar refractivity (Wildman–Crippen MR) is 61.2 cm³/mol. The molecule has 0 saturated heterocycles. The van der Waals surface area contributed by atoms with Gasteiger partial charge in [-0.05, 0) is 35.9 Å². The van der Waals surface area contributed by atoms with Crippen molar-refractivity contribution < 1.29 is 8.78 Å². The largest absolute Gasteiger partial charge is 0.396 e. The lowest BCUT2D eigenvalue weighted by atomic mass is 10.0. The van der Waals surface area contributed by atoms with Crippen LogP contribution in [0.25, 0.3) is 11.1 Å². The molecule has 0 amide bonds. The predicted octanol–water partition coefficient (Wildman–Crippen LogP) is 3.87. The Hall–Kier alpha value is -1.61. The van der Waals surface area contributed by atoms with Crippen molar-refractivity contribution >= 4 is 17.3 Å². The van der Waals surface area contributed by atoms with E-state index in [2.05, 4.69) is 0 Å². The van der Waals surface area contributed by atoms with Gasteiger partial charge in [-0.25, -0.2) is 8.78 Å². The highest BCUT2D eigenvalue weighted by Crippen LogP contribution is 2.30. The zero-order chi connectivity index (χ0) is 11.7. The van der Waals surface area contributed by atoms with Crippen molar-refractivity contribution in [2.45, 2.75) is 0 Å². The second kappa shape index (κ2) is 4.10. The molecule has 0 atom stereocenters. The maximum absolute atomic E-state index is 13.0. The summed E-state index contributed by atoms with van der Waals surface area (Å²) in [5, 5.41) is 0.396. The summed E-state index contributed by atoms with van der Waals surface area (Å²) >= 11 is 5.92. The van der Waals surface area contributed by atoms with Crippen LogP contribution in [0.1, 0.15) is 0 Å².